The number of carbonyl (C=O) groups is 1. The molecule has 2 atom stereocenters. The SMILES string of the molecule is C=CC(=O)OCSCCCC1CSC(c2cc(C)cs2)S1. The first-order valence-electron chi connectivity index (χ1n) is 6.88. The Morgan fingerprint density at radius 2 is 2.48 bits per heavy atom. The van der Waals surface area contributed by atoms with Gasteiger partial charge in [-0.3, -0.25) is 0 Å². The maximum Gasteiger partial charge on any atom is 0.330 e. The summed E-state index contributed by atoms with van der Waals surface area (Å²) >= 11 is 7.76. The van der Waals surface area contributed by atoms with Gasteiger partial charge < -0.3 is 4.74 Å². The number of ether oxygens (including phenoxy) is 1. The molecular formula is C15H20O2S4. The zero-order valence-electron chi connectivity index (χ0n) is 12.1. The predicted molar refractivity (Wildman–Crippen MR) is 98.5 cm³/mol. The average Bonchev–Trinajstić information content (AvgIpc) is 3.11. The monoisotopic (exact) mass is 360 g/mol. The summed E-state index contributed by atoms with van der Waals surface area (Å²) in [5, 5.41) is 3.00. The van der Waals surface area contributed by atoms with E-state index in [2.05, 4.69) is 48.5 Å². The lowest BCUT2D eigenvalue weighted by Crippen LogP contribution is -2.02. The van der Waals surface area contributed by atoms with Gasteiger partial charge in [0.05, 0.1) is 4.58 Å². The maximum absolute atomic E-state index is 10.9. The van der Waals surface area contributed by atoms with Crippen LogP contribution in [0.15, 0.2) is 24.1 Å². The fraction of sp³-hybridized carbons (Fsp3) is 0.533. The van der Waals surface area contributed by atoms with Gasteiger partial charge >= 0.3 is 5.97 Å². The molecule has 116 valence electrons. The third kappa shape index (κ3) is 5.93. The van der Waals surface area contributed by atoms with Crippen molar-refractivity contribution in [3.05, 3.63) is 34.5 Å². The second-order valence-corrected chi connectivity index (χ2v) is 9.63. The smallest absolute Gasteiger partial charge is 0.330 e. The van der Waals surface area contributed by atoms with E-state index in [9.17, 15) is 4.79 Å². The first-order valence-corrected chi connectivity index (χ1v) is 10.9. The first kappa shape index (κ1) is 17.3. The van der Waals surface area contributed by atoms with Crippen molar-refractivity contribution in [1.82, 2.24) is 0 Å². The summed E-state index contributed by atoms with van der Waals surface area (Å²) in [5.41, 5.74) is 1.38. The zero-order valence-corrected chi connectivity index (χ0v) is 15.3. The molecule has 2 unspecified atom stereocenters. The molecule has 1 aliphatic rings. The van der Waals surface area contributed by atoms with Crippen LogP contribution in [0.1, 0.15) is 27.9 Å². The van der Waals surface area contributed by atoms with Crippen LogP contribution in [0.3, 0.4) is 0 Å². The molecule has 2 rings (SSSR count). The van der Waals surface area contributed by atoms with E-state index in [-0.39, 0.29) is 5.97 Å². The number of aryl methyl sites for hydroxylation is 1. The summed E-state index contributed by atoms with van der Waals surface area (Å²) in [6.45, 7) is 5.54. The van der Waals surface area contributed by atoms with E-state index >= 15 is 0 Å². The van der Waals surface area contributed by atoms with Crippen LogP contribution in [0.2, 0.25) is 0 Å². The van der Waals surface area contributed by atoms with Gasteiger partial charge in [0.15, 0.2) is 0 Å². The van der Waals surface area contributed by atoms with Crippen molar-refractivity contribution in [2.24, 2.45) is 0 Å². The van der Waals surface area contributed by atoms with Crippen molar-refractivity contribution in [1.29, 1.82) is 0 Å². The first-order chi connectivity index (χ1) is 10.2. The molecule has 21 heavy (non-hydrogen) atoms. The third-order valence-corrected chi connectivity index (χ3v) is 8.67. The maximum atomic E-state index is 10.9. The fourth-order valence-corrected chi connectivity index (χ4v) is 7.32. The molecule has 0 aromatic carbocycles. The Hall–Kier alpha value is -0.0400. The Bertz CT molecular complexity index is 472. The number of hydrogen-bond acceptors (Lipinski definition) is 6. The van der Waals surface area contributed by atoms with Gasteiger partial charge in [-0.1, -0.05) is 6.58 Å². The summed E-state index contributed by atoms with van der Waals surface area (Å²) in [5.74, 6) is 2.41. The highest BCUT2D eigenvalue weighted by Crippen LogP contribution is 2.51. The number of esters is 1. The van der Waals surface area contributed by atoms with Crippen molar-refractivity contribution >= 4 is 52.6 Å². The molecule has 0 spiro atoms. The van der Waals surface area contributed by atoms with Gasteiger partial charge in [-0.15, -0.1) is 46.6 Å². The Morgan fingerprint density at radius 3 is 3.19 bits per heavy atom. The number of rotatable bonds is 8. The Labute approximate surface area is 143 Å². The second-order valence-electron chi connectivity index (χ2n) is 4.79. The molecule has 0 amide bonds. The molecule has 0 N–H and O–H groups in total. The lowest BCUT2D eigenvalue weighted by molar-refractivity contribution is -0.135. The Morgan fingerprint density at radius 1 is 1.62 bits per heavy atom. The van der Waals surface area contributed by atoms with Gasteiger partial charge in [0.25, 0.3) is 0 Å². The van der Waals surface area contributed by atoms with Crippen molar-refractivity contribution in [3.63, 3.8) is 0 Å². The molecule has 0 radical (unpaired) electrons. The topological polar surface area (TPSA) is 26.3 Å². The summed E-state index contributed by atoms with van der Waals surface area (Å²) in [6, 6.07) is 2.32. The van der Waals surface area contributed by atoms with Crippen LogP contribution < -0.4 is 0 Å². The third-order valence-electron chi connectivity index (χ3n) is 3.00. The molecule has 1 aliphatic heterocycles. The quantitative estimate of drug-likeness (QED) is 0.278. The molecule has 0 bridgehead atoms. The van der Waals surface area contributed by atoms with Crippen LogP contribution in [0.25, 0.3) is 0 Å². The van der Waals surface area contributed by atoms with Gasteiger partial charge in [0.1, 0.15) is 5.94 Å². The van der Waals surface area contributed by atoms with E-state index in [1.165, 1.54) is 35.1 Å². The molecule has 6 heteroatoms. The van der Waals surface area contributed by atoms with Crippen molar-refractivity contribution in [3.8, 4) is 0 Å². The molecule has 0 saturated carbocycles. The Kier molecular flexibility index (Phi) is 7.57. The minimum atomic E-state index is -0.334. The summed E-state index contributed by atoms with van der Waals surface area (Å²) in [6.07, 6.45) is 3.64. The fourth-order valence-electron chi connectivity index (χ4n) is 1.96. The molecule has 1 aromatic heterocycles. The number of thioether (sulfide) groups is 3. The Balaban J connectivity index is 1.56. The van der Waals surface area contributed by atoms with Gasteiger partial charge in [-0.25, -0.2) is 4.79 Å². The van der Waals surface area contributed by atoms with Crippen LogP contribution in [-0.2, 0) is 9.53 Å². The van der Waals surface area contributed by atoms with E-state index in [0.717, 1.165) is 11.0 Å². The average molecular weight is 361 g/mol. The number of carbonyl (C=O) groups excluding carboxylic acids is 1. The number of thiophene rings is 1. The van der Waals surface area contributed by atoms with Crippen LogP contribution in [-0.4, -0.2) is 28.7 Å². The van der Waals surface area contributed by atoms with Gasteiger partial charge in [-0.2, -0.15) is 0 Å². The highest BCUT2D eigenvalue weighted by atomic mass is 32.2. The van der Waals surface area contributed by atoms with Crippen molar-refractivity contribution in [2.75, 3.05) is 17.4 Å². The van der Waals surface area contributed by atoms with Crippen LogP contribution in [0.4, 0.5) is 0 Å². The largest absolute Gasteiger partial charge is 0.451 e. The lowest BCUT2D eigenvalue weighted by Gasteiger charge is -2.09. The molecule has 2 nitrogen and oxygen atoms in total. The van der Waals surface area contributed by atoms with Gasteiger partial charge in [0.2, 0.25) is 0 Å². The van der Waals surface area contributed by atoms with E-state index in [4.69, 9.17) is 4.74 Å². The molecule has 0 aliphatic carbocycles. The van der Waals surface area contributed by atoms with Crippen LogP contribution in [0, 0.1) is 6.92 Å². The predicted octanol–water partition coefficient (Wildman–Crippen LogP) is 5.10. The van der Waals surface area contributed by atoms with E-state index in [1.54, 1.807) is 11.8 Å². The number of hydrogen-bond donors (Lipinski definition) is 0. The molecular weight excluding hydrogens is 340 g/mol. The van der Waals surface area contributed by atoms with Gasteiger partial charge in [0, 0.05) is 22.0 Å². The van der Waals surface area contributed by atoms with Crippen molar-refractivity contribution in [2.45, 2.75) is 29.6 Å². The normalized spacial score (nSPS) is 21.4. The minimum absolute atomic E-state index is 0.334. The minimum Gasteiger partial charge on any atom is -0.451 e. The summed E-state index contributed by atoms with van der Waals surface area (Å²) in [7, 11) is 0. The van der Waals surface area contributed by atoms with Crippen LogP contribution in [0.5, 0.6) is 0 Å². The molecule has 1 fully saturated rings. The summed E-state index contributed by atoms with van der Waals surface area (Å²) in [4.78, 5) is 12.4. The van der Waals surface area contributed by atoms with Crippen LogP contribution >= 0.6 is 46.6 Å². The standard InChI is InChI=1S/C15H20O2S4/c1-3-14(16)17-10-18-6-4-5-12-9-20-15(21-12)13-7-11(2)8-19-13/h3,7-8,12,15H,1,4-6,9-10H2,2H3. The molecule has 2 heterocycles. The molecule has 1 aromatic rings. The van der Waals surface area contributed by atoms with Gasteiger partial charge in [-0.05, 0) is 42.5 Å². The lowest BCUT2D eigenvalue weighted by atomic mass is 10.3. The molecule has 1 saturated heterocycles. The highest BCUT2D eigenvalue weighted by Gasteiger charge is 2.27. The summed E-state index contributed by atoms with van der Waals surface area (Å²) < 4.78 is 5.57. The van der Waals surface area contributed by atoms with Crippen molar-refractivity contribution < 1.29 is 9.53 Å². The second kappa shape index (κ2) is 9.18. The van der Waals surface area contributed by atoms with E-state index < -0.39 is 0 Å². The highest BCUT2D eigenvalue weighted by molar-refractivity contribution is 8.20. The zero-order chi connectivity index (χ0) is 15.1. The van der Waals surface area contributed by atoms with E-state index in [0.29, 0.717) is 10.5 Å². The van der Waals surface area contributed by atoms with E-state index in [1.807, 2.05) is 11.3 Å².